The number of nitrogens with one attached hydrogen (secondary N) is 1. The summed E-state index contributed by atoms with van der Waals surface area (Å²) in [5.74, 6) is -2.72. The van der Waals surface area contributed by atoms with Crippen molar-refractivity contribution in [2.24, 2.45) is 0 Å². The lowest BCUT2D eigenvalue weighted by Gasteiger charge is -2.32. The lowest BCUT2D eigenvalue weighted by molar-refractivity contribution is -0.130. The summed E-state index contributed by atoms with van der Waals surface area (Å²) in [6, 6.07) is 2.37. The SMILES string of the molecule is CC1C(=O)NCC(=O)N1c1ccc(F)c(F)c1. The van der Waals surface area contributed by atoms with E-state index in [0.717, 1.165) is 17.0 Å². The first-order valence-electron chi connectivity index (χ1n) is 5.05. The Labute approximate surface area is 96.2 Å². The van der Waals surface area contributed by atoms with Crippen molar-refractivity contribution in [1.82, 2.24) is 5.32 Å². The Balaban J connectivity index is 2.39. The number of nitrogens with zero attached hydrogens (tertiary/aromatic N) is 1. The van der Waals surface area contributed by atoms with E-state index >= 15 is 0 Å². The highest BCUT2D eigenvalue weighted by molar-refractivity contribution is 6.06. The first-order chi connectivity index (χ1) is 8.00. The van der Waals surface area contributed by atoms with Gasteiger partial charge in [0.05, 0.1) is 6.54 Å². The molecule has 17 heavy (non-hydrogen) atoms. The molecule has 0 spiro atoms. The van der Waals surface area contributed by atoms with Crippen molar-refractivity contribution in [3.05, 3.63) is 29.8 Å². The monoisotopic (exact) mass is 240 g/mol. The van der Waals surface area contributed by atoms with Crippen LogP contribution in [0.4, 0.5) is 14.5 Å². The Kier molecular flexibility index (Phi) is 2.79. The van der Waals surface area contributed by atoms with Crippen molar-refractivity contribution < 1.29 is 18.4 Å². The van der Waals surface area contributed by atoms with E-state index < -0.39 is 17.7 Å². The first kappa shape index (κ1) is 11.5. The van der Waals surface area contributed by atoms with Crippen LogP contribution >= 0.6 is 0 Å². The zero-order valence-corrected chi connectivity index (χ0v) is 9.04. The molecule has 1 aliphatic heterocycles. The highest BCUT2D eigenvalue weighted by atomic mass is 19.2. The van der Waals surface area contributed by atoms with Crippen LogP contribution in [0.3, 0.4) is 0 Å². The number of amides is 2. The van der Waals surface area contributed by atoms with Gasteiger partial charge in [-0.25, -0.2) is 8.78 Å². The largest absolute Gasteiger partial charge is 0.345 e. The maximum Gasteiger partial charge on any atom is 0.247 e. The number of carbonyl (C=O) groups is 2. The summed E-state index contributed by atoms with van der Waals surface area (Å²) >= 11 is 0. The molecule has 6 heteroatoms. The minimum atomic E-state index is -1.05. The number of hydrogen-bond donors (Lipinski definition) is 1. The second-order valence-corrected chi connectivity index (χ2v) is 3.76. The summed E-state index contributed by atoms with van der Waals surface area (Å²) in [7, 11) is 0. The minimum Gasteiger partial charge on any atom is -0.345 e. The third-order valence-corrected chi connectivity index (χ3v) is 2.63. The van der Waals surface area contributed by atoms with E-state index in [1.54, 1.807) is 0 Å². The second kappa shape index (κ2) is 4.12. The van der Waals surface area contributed by atoms with Crippen LogP contribution in [0.25, 0.3) is 0 Å². The zero-order chi connectivity index (χ0) is 12.6. The van der Waals surface area contributed by atoms with Crippen LogP contribution in [-0.4, -0.2) is 24.4 Å². The van der Waals surface area contributed by atoms with Gasteiger partial charge in [0.25, 0.3) is 0 Å². The normalized spacial score (nSPS) is 20.4. The Morgan fingerprint density at radius 1 is 1.29 bits per heavy atom. The average molecular weight is 240 g/mol. The quantitative estimate of drug-likeness (QED) is 0.790. The number of halogens is 2. The van der Waals surface area contributed by atoms with Crippen LogP contribution in [-0.2, 0) is 9.59 Å². The van der Waals surface area contributed by atoms with Gasteiger partial charge in [0.2, 0.25) is 11.8 Å². The minimum absolute atomic E-state index is 0.137. The van der Waals surface area contributed by atoms with Gasteiger partial charge in [0.15, 0.2) is 11.6 Å². The zero-order valence-electron chi connectivity index (χ0n) is 9.04. The van der Waals surface area contributed by atoms with E-state index in [0.29, 0.717) is 0 Å². The number of benzene rings is 1. The van der Waals surface area contributed by atoms with Crippen LogP contribution < -0.4 is 10.2 Å². The molecular formula is C11H10F2N2O2. The molecule has 1 saturated heterocycles. The Morgan fingerprint density at radius 2 is 2.00 bits per heavy atom. The van der Waals surface area contributed by atoms with Crippen LogP contribution in [0.1, 0.15) is 6.92 Å². The smallest absolute Gasteiger partial charge is 0.247 e. The number of hydrogen-bond acceptors (Lipinski definition) is 2. The van der Waals surface area contributed by atoms with Gasteiger partial charge in [0.1, 0.15) is 6.04 Å². The molecule has 0 saturated carbocycles. The van der Waals surface area contributed by atoms with Gasteiger partial charge >= 0.3 is 0 Å². The average Bonchev–Trinajstić information content (AvgIpc) is 2.29. The number of carbonyl (C=O) groups excluding carboxylic acids is 2. The van der Waals surface area contributed by atoms with E-state index in [-0.39, 0.29) is 24.0 Å². The maximum atomic E-state index is 13.1. The highest BCUT2D eigenvalue weighted by Gasteiger charge is 2.32. The molecule has 4 nitrogen and oxygen atoms in total. The Morgan fingerprint density at radius 3 is 2.65 bits per heavy atom. The van der Waals surface area contributed by atoms with Crippen LogP contribution in [0.15, 0.2) is 18.2 Å². The van der Waals surface area contributed by atoms with Crippen LogP contribution in [0.2, 0.25) is 0 Å². The summed E-state index contributed by atoms with van der Waals surface area (Å²) in [4.78, 5) is 24.2. The summed E-state index contributed by atoms with van der Waals surface area (Å²) < 4.78 is 25.9. The molecule has 90 valence electrons. The topological polar surface area (TPSA) is 49.4 Å². The van der Waals surface area contributed by atoms with E-state index in [1.807, 2.05) is 0 Å². The van der Waals surface area contributed by atoms with Crippen molar-refractivity contribution >= 4 is 17.5 Å². The van der Waals surface area contributed by atoms with Crippen molar-refractivity contribution in [3.63, 3.8) is 0 Å². The van der Waals surface area contributed by atoms with E-state index in [2.05, 4.69) is 5.32 Å². The summed E-state index contributed by atoms with van der Waals surface area (Å²) in [5.41, 5.74) is 0.177. The van der Waals surface area contributed by atoms with E-state index in [9.17, 15) is 18.4 Å². The molecule has 2 rings (SSSR count). The number of anilines is 1. The van der Waals surface area contributed by atoms with Gasteiger partial charge in [-0.05, 0) is 19.1 Å². The molecule has 1 aromatic carbocycles. The van der Waals surface area contributed by atoms with Gasteiger partial charge in [-0.15, -0.1) is 0 Å². The molecule has 0 aliphatic carbocycles. The summed E-state index contributed by atoms with van der Waals surface area (Å²) in [5, 5.41) is 2.41. The molecular weight excluding hydrogens is 230 g/mol. The molecule has 0 aromatic heterocycles. The highest BCUT2D eigenvalue weighted by Crippen LogP contribution is 2.21. The fourth-order valence-corrected chi connectivity index (χ4v) is 1.73. The molecule has 1 aliphatic rings. The van der Waals surface area contributed by atoms with Crippen molar-refractivity contribution in [3.8, 4) is 0 Å². The second-order valence-electron chi connectivity index (χ2n) is 3.76. The van der Waals surface area contributed by atoms with Crippen molar-refractivity contribution in [2.75, 3.05) is 11.4 Å². The van der Waals surface area contributed by atoms with Gasteiger partial charge in [-0.1, -0.05) is 0 Å². The molecule has 1 unspecified atom stereocenters. The van der Waals surface area contributed by atoms with Crippen LogP contribution in [0, 0.1) is 11.6 Å². The molecule has 1 aromatic rings. The van der Waals surface area contributed by atoms with Crippen molar-refractivity contribution in [1.29, 1.82) is 0 Å². The number of rotatable bonds is 1. The molecule has 0 radical (unpaired) electrons. The molecule has 2 amide bonds. The molecule has 1 N–H and O–H groups in total. The lowest BCUT2D eigenvalue weighted by atomic mass is 10.1. The predicted molar refractivity (Wildman–Crippen MR) is 56.3 cm³/mol. The third kappa shape index (κ3) is 1.98. The van der Waals surface area contributed by atoms with Crippen molar-refractivity contribution in [2.45, 2.75) is 13.0 Å². The van der Waals surface area contributed by atoms with E-state index in [4.69, 9.17) is 0 Å². The fourth-order valence-electron chi connectivity index (χ4n) is 1.73. The summed E-state index contributed by atoms with van der Waals surface area (Å²) in [6.07, 6.45) is 0. The van der Waals surface area contributed by atoms with Gasteiger partial charge in [-0.2, -0.15) is 0 Å². The standard InChI is InChI=1S/C11H10F2N2O2/c1-6-11(17)14-5-10(16)15(6)7-2-3-8(12)9(13)4-7/h2-4,6H,5H2,1H3,(H,14,17). The summed E-state index contributed by atoms with van der Waals surface area (Å²) in [6.45, 7) is 1.38. The predicted octanol–water partition coefficient (Wildman–Crippen LogP) is 0.816. The molecule has 1 heterocycles. The van der Waals surface area contributed by atoms with Gasteiger partial charge in [-0.3, -0.25) is 14.5 Å². The van der Waals surface area contributed by atoms with E-state index in [1.165, 1.54) is 13.0 Å². The Bertz CT molecular complexity index is 490. The fraction of sp³-hybridized carbons (Fsp3) is 0.273. The lowest BCUT2D eigenvalue weighted by Crippen LogP contribution is -2.57. The van der Waals surface area contributed by atoms with Gasteiger partial charge in [0, 0.05) is 11.8 Å². The van der Waals surface area contributed by atoms with Crippen LogP contribution in [0.5, 0.6) is 0 Å². The molecule has 1 fully saturated rings. The number of piperazine rings is 1. The molecule has 1 atom stereocenters. The Hall–Kier alpha value is -1.98. The first-order valence-corrected chi connectivity index (χ1v) is 5.05. The van der Waals surface area contributed by atoms with Gasteiger partial charge < -0.3 is 5.32 Å². The third-order valence-electron chi connectivity index (χ3n) is 2.63. The maximum absolute atomic E-state index is 13.1. The molecule has 0 bridgehead atoms.